The van der Waals surface area contributed by atoms with Crippen molar-refractivity contribution >= 4 is 23.3 Å². The van der Waals surface area contributed by atoms with Crippen LogP contribution >= 0.6 is 0 Å². The molecule has 0 atom stereocenters. The molecule has 3 N–H and O–H groups in total. The molecule has 0 unspecified atom stereocenters. The molecule has 124 valence electrons. The van der Waals surface area contributed by atoms with Gasteiger partial charge in [0, 0.05) is 42.8 Å². The molecule has 0 saturated heterocycles. The first-order valence-corrected chi connectivity index (χ1v) is 7.35. The Bertz CT molecular complexity index is 736. The van der Waals surface area contributed by atoms with Crippen LogP contribution < -0.4 is 25.4 Å². The molecule has 1 aliphatic heterocycles. The Balaban J connectivity index is 1.40. The molecule has 3 rings (SSSR count). The van der Waals surface area contributed by atoms with Crippen molar-refractivity contribution in [1.29, 1.82) is 0 Å². The number of aromatic nitrogens is 1. The molecule has 0 radical (unpaired) electrons. The summed E-state index contributed by atoms with van der Waals surface area (Å²) in [5, 5.41) is 8.00. The lowest BCUT2D eigenvalue weighted by atomic mass is 10.3. The maximum Gasteiger partial charge on any atom is 0.319 e. The van der Waals surface area contributed by atoms with Gasteiger partial charge >= 0.3 is 6.03 Å². The lowest BCUT2D eigenvalue weighted by Crippen LogP contribution is -2.31. The molecular weight excluding hydrogens is 312 g/mol. The maximum atomic E-state index is 11.8. The Morgan fingerprint density at radius 1 is 1.00 bits per heavy atom. The highest BCUT2D eigenvalue weighted by Gasteiger charge is 2.14. The third-order valence-electron chi connectivity index (χ3n) is 3.23. The number of nitrogens with one attached hydrogen (secondary N) is 3. The standard InChI is InChI=1S/C16H16N4O4/c21-15(19-11-3-6-17-7-4-11)5-8-18-16(22)20-12-1-2-13-14(9-12)24-10-23-13/h1-4,6-7,9H,5,8,10H2,(H,17,19,21)(H2,18,20,22). The Labute approximate surface area is 138 Å². The van der Waals surface area contributed by atoms with Crippen molar-refractivity contribution in [2.75, 3.05) is 24.0 Å². The summed E-state index contributed by atoms with van der Waals surface area (Å²) in [7, 11) is 0. The molecule has 8 heteroatoms. The van der Waals surface area contributed by atoms with E-state index in [1.54, 1.807) is 42.7 Å². The third kappa shape index (κ3) is 4.13. The van der Waals surface area contributed by atoms with Gasteiger partial charge in [-0.15, -0.1) is 0 Å². The number of anilines is 2. The van der Waals surface area contributed by atoms with Crippen LogP contribution in [0.1, 0.15) is 6.42 Å². The van der Waals surface area contributed by atoms with Crippen LogP contribution in [0.15, 0.2) is 42.7 Å². The molecule has 24 heavy (non-hydrogen) atoms. The van der Waals surface area contributed by atoms with Crippen LogP contribution in [0.3, 0.4) is 0 Å². The highest BCUT2D eigenvalue weighted by Crippen LogP contribution is 2.34. The second-order valence-electron chi connectivity index (χ2n) is 4.98. The van der Waals surface area contributed by atoms with E-state index in [1.165, 1.54) is 0 Å². The second-order valence-corrected chi connectivity index (χ2v) is 4.98. The molecule has 1 aromatic heterocycles. The molecule has 1 aliphatic rings. The molecule has 0 aliphatic carbocycles. The molecule has 0 saturated carbocycles. The summed E-state index contributed by atoms with van der Waals surface area (Å²) in [5.74, 6) is 1.04. The van der Waals surface area contributed by atoms with Crippen LogP contribution in [-0.4, -0.2) is 30.3 Å². The number of ether oxygens (including phenoxy) is 2. The van der Waals surface area contributed by atoms with E-state index in [1.807, 2.05) is 0 Å². The van der Waals surface area contributed by atoms with Crippen molar-refractivity contribution in [3.8, 4) is 11.5 Å². The molecule has 8 nitrogen and oxygen atoms in total. The summed E-state index contributed by atoms with van der Waals surface area (Å²) < 4.78 is 10.4. The number of fused-ring (bicyclic) bond motifs is 1. The average Bonchev–Trinajstić information content (AvgIpc) is 3.03. The Hall–Kier alpha value is -3.29. The smallest absolute Gasteiger partial charge is 0.319 e. The number of carbonyl (C=O) groups is 2. The third-order valence-corrected chi connectivity index (χ3v) is 3.23. The minimum absolute atomic E-state index is 0.164. The van der Waals surface area contributed by atoms with Crippen molar-refractivity contribution in [2.24, 2.45) is 0 Å². The number of hydrogen-bond donors (Lipinski definition) is 3. The maximum absolute atomic E-state index is 11.8. The summed E-state index contributed by atoms with van der Waals surface area (Å²) in [4.78, 5) is 27.4. The van der Waals surface area contributed by atoms with Crippen LogP contribution in [0.5, 0.6) is 11.5 Å². The van der Waals surface area contributed by atoms with Crippen LogP contribution in [0.25, 0.3) is 0 Å². The first-order chi connectivity index (χ1) is 11.7. The van der Waals surface area contributed by atoms with E-state index >= 15 is 0 Å². The number of hydrogen-bond acceptors (Lipinski definition) is 5. The van der Waals surface area contributed by atoms with Crippen molar-refractivity contribution < 1.29 is 19.1 Å². The molecule has 0 spiro atoms. The predicted molar refractivity (Wildman–Crippen MR) is 87.1 cm³/mol. The lowest BCUT2D eigenvalue weighted by molar-refractivity contribution is -0.116. The first kappa shape index (κ1) is 15.6. The monoisotopic (exact) mass is 328 g/mol. The Kier molecular flexibility index (Phi) is 4.76. The van der Waals surface area contributed by atoms with Crippen LogP contribution in [0, 0.1) is 0 Å². The molecule has 1 aromatic carbocycles. The highest BCUT2D eigenvalue weighted by molar-refractivity contribution is 5.92. The van der Waals surface area contributed by atoms with Crippen LogP contribution in [0.4, 0.5) is 16.2 Å². The second kappa shape index (κ2) is 7.32. The normalized spacial score (nSPS) is 11.7. The van der Waals surface area contributed by atoms with E-state index in [-0.39, 0.29) is 25.7 Å². The number of carbonyl (C=O) groups excluding carboxylic acids is 2. The Morgan fingerprint density at radius 2 is 1.79 bits per heavy atom. The van der Waals surface area contributed by atoms with Gasteiger partial charge in [-0.05, 0) is 24.3 Å². The average molecular weight is 328 g/mol. The van der Waals surface area contributed by atoms with E-state index in [0.29, 0.717) is 22.9 Å². The quantitative estimate of drug-likeness (QED) is 0.779. The van der Waals surface area contributed by atoms with Gasteiger partial charge < -0.3 is 25.4 Å². The highest BCUT2D eigenvalue weighted by atomic mass is 16.7. The van der Waals surface area contributed by atoms with Crippen molar-refractivity contribution in [1.82, 2.24) is 10.3 Å². The number of pyridine rings is 1. The molecule has 0 fully saturated rings. The van der Waals surface area contributed by atoms with Gasteiger partial charge in [0.05, 0.1) is 0 Å². The summed E-state index contributed by atoms with van der Waals surface area (Å²) in [6.07, 6.45) is 3.34. The number of amides is 3. The Morgan fingerprint density at radius 3 is 2.62 bits per heavy atom. The van der Waals surface area contributed by atoms with Gasteiger partial charge in [-0.1, -0.05) is 0 Å². The van der Waals surface area contributed by atoms with Crippen molar-refractivity contribution in [3.05, 3.63) is 42.7 Å². The van der Waals surface area contributed by atoms with Gasteiger partial charge in [0.2, 0.25) is 12.7 Å². The minimum atomic E-state index is -0.398. The fourth-order valence-corrected chi connectivity index (χ4v) is 2.10. The van der Waals surface area contributed by atoms with Gasteiger partial charge in [-0.3, -0.25) is 9.78 Å². The van der Waals surface area contributed by atoms with E-state index in [0.717, 1.165) is 0 Å². The zero-order valence-electron chi connectivity index (χ0n) is 12.7. The van der Waals surface area contributed by atoms with Gasteiger partial charge in [-0.2, -0.15) is 0 Å². The summed E-state index contributed by atoms with van der Waals surface area (Å²) >= 11 is 0. The SMILES string of the molecule is O=C(CCNC(=O)Nc1ccc2c(c1)OCO2)Nc1ccncc1. The van der Waals surface area contributed by atoms with E-state index in [4.69, 9.17) is 9.47 Å². The zero-order valence-corrected chi connectivity index (χ0v) is 12.7. The predicted octanol–water partition coefficient (Wildman–Crippen LogP) is 1.96. The van der Waals surface area contributed by atoms with Gasteiger partial charge in [0.25, 0.3) is 0 Å². The summed E-state index contributed by atoms with van der Waals surface area (Å²) in [6, 6.07) is 8.10. The fraction of sp³-hybridized carbons (Fsp3) is 0.188. The van der Waals surface area contributed by atoms with Crippen molar-refractivity contribution in [2.45, 2.75) is 6.42 Å². The summed E-state index contributed by atoms with van der Waals surface area (Å²) in [6.45, 7) is 0.394. The number of urea groups is 1. The minimum Gasteiger partial charge on any atom is -0.454 e. The molecule has 3 amide bonds. The number of benzene rings is 1. The molecular formula is C16H16N4O4. The van der Waals surface area contributed by atoms with Gasteiger partial charge in [-0.25, -0.2) is 4.79 Å². The van der Waals surface area contributed by atoms with Crippen LogP contribution in [-0.2, 0) is 4.79 Å². The first-order valence-electron chi connectivity index (χ1n) is 7.35. The number of nitrogens with zero attached hydrogens (tertiary/aromatic N) is 1. The molecule has 2 aromatic rings. The zero-order chi connectivity index (χ0) is 16.8. The number of rotatable bonds is 5. The fourth-order valence-electron chi connectivity index (χ4n) is 2.10. The molecule has 0 bridgehead atoms. The van der Waals surface area contributed by atoms with Gasteiger partial charge in [0.15, 0.2) is 11.5 Å². The molecule has 2 heterocycles. The largest absolute Gasteiger partial charge is 0.454 e. The lowest BCUT2D eigenvalue weighted by Gasteiger charge is -2.08. The van der Waals surface area contributed by atoms with E-state index in [9.17, 15) is 9.59 Å². The van der Waals surface area contributed by atoms with E-state index < -0.39 is 6.03 Å². The van der Waals surface area contributed by atoms with Gasteiger partial charge in [0.1, 0.15) is 0 Å². The van der Waals surface area contributed by atoms with E-state index in [2.05, 4.69) is 20.9 Å². The van der Waals surface area contributed by atoms with Crippen LogP contribution in [0.2, 0.25) is 0 Å². The van der Waals surface area contributed by atoms with Crippen molar-refractivity contribution in [3.63, 3.8) is 0 Å². The summed E-state index contributed by atoms with van der Waals surface area (Å²) in [5.41, 5.74) is 1.25. The topological polar surface area (TPSA) is 102 Å².